The van der Waals surface area contributed by atoms with Crippen molar-refractivity contribution in [1.29, 1.82) is 0 Å². The van der Waals surface area contributed by atoms with Crippen LogP contribution in [0.15, 0.2) is 207 Å². The minimum Gasteiger partial charge on any atom is -0.265 e. The Labute approximate surface area is 410 Å². The largest absolute Gasteiger partial charge is 0.265 e. The molecule has 0 saturated heterocycles. The molecule has 14 rings (SSSR count). The predicted molar refractivity (Wildman–Crippen MR) is 282 cm³/mol. The predicted octanol–water partition coefficient (Wildman–Crippen LogP) is 13.0. The highest BCUT2D eigenvalue weighted by Crippen LogP contribution is 2.43. The van der Waals surface area contributed by atoms with E-state index in [0.29, 0.717) is 46.0 Å². The lowest BCUT2D eigenvalue weighted by Crippen LogP contribution is -2.02. The number of hydrogen-bond donors (Lipinski definition) is 0. The molecule has 0 spiro atoms. The Morgan fingerprint density at radius 2 is 0.625 bits per heavy atom. The second-order valence-electron chi connectivity index (χ2n) is 17.4. The first-order valence-corrected chi connectivity index (χ1v) is 23.3. The third-order valence-electron chi connectivity index (χ3n) is 13.2. The van der Waals surface area contributed by atoms with Crippen LogP contribution in [-0.2, 0) is 0 Å². The third-order valence-corrected chi connectivity index (χ3v) is 13.2. The summed E-state index contributed by atoms with van der Waals surface area (Å²) in [6, 6.07) is 53.5. The van der Waals surface area contributed by atoms with Gasteiger partial charge in [0.2, 0.25) is 0 Å². The van der Waals surface area contributed by atoms with Crippen molar-refractivity contribution < 1.29 is 0 Å². The average molecular weight is 923 g/mol. The van der Waals surface area contributed by atoms with Crippen molar-refractivity contribution >= 4 is 54.4 Å². The average Bonchev–Trinajstić information content (AvgIpc) is 3.46. The molecule has 12 nitrogen and oxygen atoms in total. The van der Waals surface area contributed by atoms with Crippen molar-refractivity contribution in [2.45, 2.75) is 0 Å². The van der Waals surface area contributed by atoms with E-state index < -0.39 is 0 Å². The van der Waals surface area contributed by atoms with Gasteiger partial charge in [0, 0.05) is 83.0 Å². The molecule has 0 N–H and O–H groups in total. The van der Waals surface area contributed by atoms with Gasteiger partial charge in [0.15, 0.2) is 34.9 Å². The first kappa shape index (κ1) is 40.8. The number of benzene rings is 8. The molecule has 12 heteroatoms. The molecule has 0 aliphatic rings. The Balaban J connectivity index is 0.974. The van der Waals surface area contributed by atoms with Crippen LogP contribution in [0.1, 0.15) is 0 Å². The molecule has 0 bridgehead atoms. The summed E-state index contributed by atoms with van der Waals surface area (Å²) in [5.74, 6) is 3.11. The fourth-order valence-corrected chi connectivity index (χ4v) is 9.79. The Morgan fingerprint density at radius 1 is 0.250 bits per heavy atom. The molecule has 0 fully saturated rings. The molecule has 0 unspecified atom stereocenters. The smallest absolute Gasteiger partial charge is 0.166 e. The van der Waals surface area contributed by atoms with Crippen LogP contribution in [0.2, 0.25) is 0 Å². The normalized spacial score (nSPS) is 11.6. The van der Waals surface area contributed by atoms with Gasteiger partial charge in [-0.3, -0.25) is 29.9 Å². The van der Waals surface area contributed by atoms with Crippen molar-refractivity contribution in [2.75, 3.05) is 0 Å². The van der Waals surface area contributed by atoms with Gasteiger partial charge >= 0.3 is 0 Å². The van der Waals surface area contributed by atoms with E-state index in [1.54, 1.807) is 49.6 Å². The summed E-state index contributed by atoms with van der Waals surface area (Å²) in [4.78, 5) is 58.5. The summed E-state index contributed by atoms with van der Waals surface area (Å²) in [7, 11) is 0. The second kappa shape index (κ2) is 16.8. The van der Waals surface area contributed by atoms with Crippen LogP contribution in [0.5, 0.6) is 0 Å². The molecule has 8 aromatic carbocycles. The van der Waals surface area contributed by atoms with Gasteiger partial charge in [0.1, 0.15) is 0 Å². The van der Waals surface area contributed by atoms with Crippen LogP contribution in [-0.4, -0.2) is 59.8 Å². The van der Waals surface area contributed by atoms with Gasteiger partial charge in [-0.2, -0.15) is 0 Å². The van der Waals surface area contributed by atoms with E-state index in [2.05, 4.69) is 92.7 Å². The molecule has 334 valence electrons. The molecule has 6 heterocycles. The van der Waals surface area contributed by atoms with Crippen LogP contribution in [0.25, 0.3) is 145 Å². The molecule has 0 aliphatic carbocycles. The zero-order valence-corrected chi connectivity index (χ0v) is 38.0. The molecule has 6 aromatic heterocycles. The number of para-hydroxylation sites is 2. The maximum atomic E-state index is 5.29. The number of aromatic nitrogens is 12. The number of fused-ring (bicyclic) bond motifs is 2. The molecule has 0 atom stereocenters. The Morgan fingerprint density at radius 3 is 1.10 bits per heavy atom. The lowest BCUT2D eigenvalue weighted by molar-refractivity contribution is 1.08. The van der Waals surface area contributed by atoms with Gasteiger partial charge in [-0.15, -0.1) is 0 Å². The summed E-state index contributed by atoms with van der Waals surface area (Å²) >= 11 is 0. The monoisotopic (exact) mass is 922 g/mol. The standard InChI is InChI=1S/C60H34N12/c1-5-39(35-21-25-61-26-22-35)33-41(7-1)55-67-56(42-8-2-6-40(34-42)36-23-27-62-28-24-36)69-57(68-55)45-19-15-37-14-18-44-46(20-16-38-13-17-43(45)51(37)52(38)44)58-70-59(47-9-3-11-49-53(47)65-31-29-63-49)72-60(71-58)48-10-4-12-50-54(48)66-32-30-64-50/h1-34H. The van der Waals surface area contributed by atoms with E-state index in [0.717, 1.165) is 99.0 Å². The van der Waals surface area contributed by atoms with Crippen molar-refractivity contribution in [3.05, 3.63) is 207 Å². The number of hydrogen-bond acceptors (Lipinski definition) is 12. The first-order chi connectivity index (χ1) is 35.7. The minimum atomic E-state index is 0.467. The Hall–Kier alpha value is -10.2. The van der Waals surface area contributed by atoms with Gasteiger partial charge < -0.3 is 0 Å². The highest BCUT2D eigenvalue weighted by atomic mass is 15.0. The van der Waals surface area contributed by atoms with E-state index in [1.165, 1.54) is 0 Å². The van der Waals surface area contributed by atoms with Gasteiger partial charge in [0.25, 0.3) is 0 Å². The van der Waals surface area contributed by atoms with Crippen LogP contribution in [0, 0.1) is 0 Å². The number of pyridine rings is 2. The summed E-state index contributed by atoms with van der Waals surface area (Å²) in [6.45, 7) is 0. The maximum absolute atomic E-state index is 5.29. The van der Waals surface area contributed by atoms with Gasteiger partial charge in [-0.05, 0) is 127 Å². The molecule has 0 amide bonds. The quantitative estimate of drug-likeness (QED) is 0.133. The van der Waals surface area contributed by atoms with E-state index in [4.69, 9.17) is 39.9 Å². The molecule has 72 heavy (non-hydrogen) atoms. The molecule has 0 radical (unpaired) electrons. The van der Waals surface area contributed by atoms with Crippen LogP contribution in [0.3, 0.4) is 0 Å². The maximum Gasteiger partial charge on any atom is 0.166 e. The highest BCUT2D eigenvalue weighted by molar-refractivity contribution is 6.27. The highest BCUT2D eigenvalue weighted by Gasteiger charge is 2.22. The molecule has 0 aliphatic heterocycles. The first-order valence-electron chi connectivity index (χ1n) is 23.3. The fourth-order valence-electron chi connectivity index (χ4n) is 9.79. The topological polar surface area (TPSA) is 155 Å². The molecule has 14 aromatic rings. The van der Waals surface area contributed by atoms with E-state index in [-0.39, 0.29) is 0 Å². The summed E-state index contributed by atoms with van der Waals surface area (Å²) in [5.41, 5.74) is 12.0. The molecule has 0 saturated carbocycles. The summed E-state index contributed by atoms with van der Waals surface area (Å²) in [6.07, 6.45) is 14.0. The zero-order valence-electron chi connectivity index (χ0n) is 38.0. The van der Waals surface area contributed by atoms with Gasteiger partial charge in [-0.25, -0.2) is 29.9 Å². The lowest BCUT2D eigenvalue weighted by atomic mass is 9.89. The number of rotatable bonds is 8. The van der Waals surface area contributed by atoms with Crippen LogP contribution in [0.4, 0.5) is 0 Å². The van der Waals surface area contributed by atoms with Crippen molar-refractivity contribution in [1.82, 2.24) is 59.8 Å². The fraction of sp³-hybridized carbons (Fsp3) is 0. The lowest BCUT2D eigenvalue weighted by Gasteiger charge is -2.17. The van der Waals surface area contributed by atoms with Crippen LogP contribution < -0.4 is 0 Å². The van der Waals surface area contributed by atoms with Gasteiger partial charge in [0.05, 0.1) is 22.1 Å². The summed E-state index contributed by atoms with van der Waals surface area (Å²) in [5, 5.41) is 6.29. The Bertz CT molecular complexity index is 4210. The van der Waals surface area contributed by atoms with E-state index in [1.807, 2.05) is 84.9 Å². The van der Waals surface area contributed by atoms with E-state index >= 15 is 0 Å². The summed E-state index contributed by atoms with van der Waals surface area (Å²) < 4.78 is 0. The molecular weight excluding hydrogens is 889 g/mol. The van der Waals surface area contributed by atoms with E-state index in [9.17, 15) is 0 Å². The van der Waals surface area contributed by atoms with Crippen molar-refractivity contribution in [2.24, 2.45) is 0 Å². The van der Waals surface area contributed by atoms with Crippen molar-refractivity contribution in [3.8, 4) is 90.6 Å². The minimum absolute atomic E-state index is 0.467. The third kappa shape index (κ3) is 7.01. The molecular formula is C60H34N12. The Kier molecular flexibility index (Phi) is 9.52. The van der Waals surface area contributed by atoms with Crippen molar-refractivity contribution in [3.63, 3.8) is 0 Å². The van der Waals surface area contributed by atoms with Gasteiger partial charge in [-0.1, -0.05) is 84.9 Å². The number of nitrogens with zero attached hydrogens (tertiary/aromatic N) is 12. The second-order valence-corrected chi connectivity index (χ2v) is 17.4. The zero-order chi connectivity index (χ0) is 47.5. The van der Waals surface area contributed by atoms with Crippen LogP contribution >= 0.6 is 0 Å². The SMILES string of the molecule is c1cc(-c2ccncc2)cc(-c2nc(-c3cccc(-c4ccncc4)c3)nc(-c3ccc4ccc5c(-c6nc(-c7cccc8nccnc78)nc(-c7cccc8nccnc78)n6)ccc6ccc3c4c65)n2)c1.